The maximum absolute atomic E-state index is 5.97. The van der Waals surface area contributed by atoms with Gasteiger partial charge in [-0.25, -0.2) is 0 Å². The van der Waals surface area contributed by atoms with Gasteiger partial charge in [-0.2, -0.15) is 0 Å². The molecule has 0 aliphatic carbocycles. The van der Waals surface area contributed by atoms with Crippen molar-refractivity contribution < 1.29 is 4.42 Å². The minimum absolute atomic E-state index is 0.530. The van der Waals surface area contributed by atoms with E-state index in [4.69, 9.17) is 10.2 Å². The van der Waals surface area contributed by atoms with Crippen LogP contribution in [0.2, 0.25) is 0 Å². The zero-order valence-electron chi connectivity index (χ0n) is 12.1. The Balaban J connectivity index is 2.24. The number of furan rings is 1. The lowest BCUT2D eigenvalue weighted by molar-refractivity contribution is 0.220. The Morgan fingerprint density at radius 3 is 2.74 bits per heavy atom. The van der Waals surface area contributed by atoms with Crippen molar-refractivity contribution in [2.24, 2.45) is 5.73 Å². The van der Waals surface area contributed by atoms with E-state index in [0.29, 0.717) is 12.6 Å². The highest BCUT2D eigenvalue weighted by atomic mass is 16.3. The fourth-order valence-electron chi connectivity index (χ4n) is 2.52. The standard InChI is InChI=1S/C16H24N2O/c1-4-7-12(2)18(3)11-16-14(10-17)13-8-5-6-9-15(13)19-16/h5-6,8-9,12H,4,7,10-11,17H2,1-3H3. The number of para-hydroxylation sites is 1. The Hall–Kier alpha value is -1.32. The maximum Gasteiger partial charge on any atom is 0.134 e. The quantitative estimate of drug-likeness (QED) is 0.864. The molecule has 1 aromatic carbocycles. The highest BCUT2D eigenvalue weighted by Crippen LogP contribution is 2.26. The number of fused-ring (bicyclic) bond motifs is 1. The van der Waals surface area contributed by atoms with Crippen molar-refractivity contribution in [1.29, 1.82) is 0 Å². The van der Waals surface area contributed by atoms with E-state index in [1.807, 2.05) is 18.2 Å². The maximum atomic E-state index is 5.97. The third-order valence-corrected chi connectivity index (χ3v) is 3.84. The first-order valence-corrected chi connectivity index (χ1v) is 7.07. The molecule has 0 spiro atoms. The van der Waals surface area contributed by atoms with Crippen LogP contribution >= 0.6 is 0 Å². The van der Waals surface area contributed by atoms with Gasteiger partial charge in [-0.1, -0.05) is 31.5 Å². The van der Waals surface area contributed by atoms with E-state index in [1.165, 1.54) is 12.8 Å². The van der Waals surface area contributed by atoms with Gasteiger partial charge in [-0.15, -0.1) is 0 Å². The number of nitrogens with two attached hydrogens (primary N) is 1. The van der Waals surface area contributed by atoms with Gasteiger partial charge >= 0.3 is 0 Å². The molecule has 0 saturated carbocycles. The molecule has 1 heterocycles. The van der Waals surface area contributed by atoms with Crippen LogP contribution in [-0.4, -0.2) is 18.0 Å². The first kappa shape index (κ1) is 14.1. The van der Waals surface area contributed by atoms with Gasteiger partial charge in [0.1, 0.15) is 11.3 Å². The van der Waals surface area contributed by atoms with Gasteiger partial charge in [0.15, 0.2) is 0 Å². The van der Waals surface area contributed by atoms with Crippen molar-refractivity contribution in [1.82, 2.24) is 4.90 Å². The predicted octanol–water partition coefficient (Wildman–Crippen LogP) is 3.51. The zero-order chi connectivity index (χ0) is 13.8. The third-order valence-electron chi connectivity index (χ3n) is 3.84. The molecule has 1 atom stereocenters. The zero-order valence-corrected chi connectivity index (χ0v) is 12.1. The number of nitrogens with zero attached hydrogens (tertiary/aromatic N) is 1. The third kappa shape index (κ3) is 2.99. The van der Waals surface area contributed by atoms with Crippen LogP contribution in [0.25, 0.3) is 11.0 Å². The smallest absolute Gasteiger partial charge is 0.134 e. The van der Waals surface area contributed by atoms with Gasteiger partial charge in [-0.05, 0) is 26.5 Å². The van der Waals surface area contributed by atoms with Crippen molar-refractivity contribution in [3.05, 3.63) is 35.6 Å². The first-order chi connectivity index (χ1) is 9.17. The Morgan fingerprint density at radius 1 is 1.32 bits per heavy atom. The Morgan fingerprint density at radius 2 is 2.05 bits per heavy atom. The van der Waals surface area contributed by atoms with Crippen molar-refractivity contribution in [2.45, 2.75) is 45.8 Å². The Kier molecular flexibility index (Phi) is 4.61. The molecule has 0 saturated heterocycles. The monoisotopic (exact) mass is 260 g/mol. The van der Waals surface area contributed by atoms with Crippen LogP contribution < -0.4 is 5.73 Å². The lowest BCUT2D eigenvalue weighted by Gasteiger charge is -2.23. The molecule has 1 unspecified atom stereocenters. The highest BCUT2D eigenvalue weighted by molar-refractivity contribution is 5.82. The molecule has 0 aliphatic rings. The summed E-state index contributed by atoms with van der Waals surface area (Å²) in [6.07, 6.45) is 2.41. The molecule has 2 N–H and O–H groups in total. The minimum Gasteiger partial charge on any atom is -0.459 e. The van der Waals surface area contributed by atoms with Crippen molar-refractivity contribution in [3.63, 3.8) is 0 Å². The average molecular weight is 260 g/mol. The molecular formula is C16H24N2O. The van der Waals surface area contributed by atoms with E-state index in [9.17, 15) is 0 Å². The Bertz CT molecular complexity index is 533. The van der Waals surface area contributed by atoms with E-state index >= 15 is 0 Å². The molecule has 0 bridgehead atoms. The molecule has 0 fully saturated rings. The predicted molar refractivity (Wildman–Crippen MR) is 79.9 cm³/mol. The van der Waals surface area contributed by atoms with Crippen LogP contribution in [0.1, 0.15) is 38.0 Å². The fourth-order valence-corrected chi connectivity index (χ4v) is 2.52. The van der Waals surface area contributed by atoms with Gasteiger partial charge in [-0.3, -0.25) is 4.90 Å². The molecule has 3 heteroatoms. The van der Waals surface area contributed by atoms with E-state index < -0.39 is 0 Å². The summed E-state index contributed by atoms with van der Waals surface area (Å²) >= 11 is 0. The molecule has 0 aliphatic heterocycles. The molecule has 0 amide bonds. The summed E-state index contributed by atoms with van der Waals surface area (Å²) in [7, 11) is 2.15. The van der Waals surface area contributed by atoms with Gasteiger partial charge in [0.05, 0.1) is 6.54 Å². The van der Waals surface area contributed by atoms with Crippen molar-refractivity contribution >= 4 is 11.0 Å². The van der Waals surface area contributed by atoms with Crippen LogP contribution in [0.4, 0.5) is 0 Å². The number of benzene rings is 1. The first-order valence-electron chi connectivity index (χ1n) is 7.07. The normalized spacial score (nSPS) is 13.3. The van der Waals surface area contributed by atoms with Crippen LogP contribution in [0, 0.1) is 0 Å². The van der Waals surface area contributed by atoms with Crippen LogP contribution in [0.5, 0.6) is 0 Å². The molecule has 1 aromatic heterocycles. The molecule has 0 radical (unpaired) electrons. The second-order valence-electron chi connectivity index (χ2n) is 5.26. The van der Waals surface area contributed by atoms with Gasteiger partial charge in [0.2, 0.25) is 0 Å². The molecule has 2 aromatic rings. The molecule has 19 heavy (non-hydrogen) atoms. The van der Waals surface area contributed by atoms with E-state index in [2.05, 4.69) is 31.9 Å². The summed E-state index contributed by atoms with van der Waals surface area (Å²) in [5.74, 6) is 1.01. The minimum atomic E-state index is 0.530. The Labute approximate surface area is 115 Å². The summed E-state index contributed by atoms with van der Waals surface area (Å²) in [5, 5.41) is 1.15. The van der Waals surface area contributed by atoms with E-state index in [0.717, 1.165) is 28.8 Å². The number of hydrogen-bond donors (Lipinski definition) is 1. The average Bonchev–Trinajstić information content (AvgIpc) is 2.75. The van der Waals surface area contributed by atoms with Gasteiger partial charge in [0.25, 0.3) is 0 Å². The number of hydrogen-bond acceptors (Lipinski definition) is 3. The summed E-state index contributed by atoms with van der Waals surface area (Å²) < 4.78 is 5.97. The molecular weight excluding hydrogens is 236 g/mol. The van der Waals surface area contributed by atoms with Crippen LogP contribution in [0.3, 0.4) is 0 Å². The lowest BCUT2D eigenvalue weighted by Crippen LogP contribution is -2.28. The van der Waals surface area contributed by atoms with Crippen molar-refractivity contribution in [2.75, 3.05) is 7.05 Å². The lowest BCUT2D eigenvalue weighted by atomic mass is 10.1. The largest absolute Gasteiger partial charge is 0.459 e. The van der Waals surface area contributed by atoms with Gasteiger partial charge in [0, 0.05) is 23.5 Å². The molecule has 3 nitrogen and oxygen atoms in total. The van der Waals surface area contributed by atoms with Gasteiger partial charge < -0.3 is 10.2 Å². The highest BCUT2D eigenvalue weighted by Gasteiger charge is 2.16. The summed E-state index contributed by atoms with van der Waals surface area (Å²) in [5.41, 5.74) is 7.98. The summed E-state index contributed by atoms with van der Waals surface area (Å²) in [6, 6.07) is 8.68. The topological polar surface area (TPSA) is 42.4 Å². The number of rotatable bonds is 6. The fraction of sp³-hybridized carbons (Fsp3) is 0.500. The second-order valence-corrected chi connectivity index (χ2v) is 5.26. The SMILES string of the molecule is CCCC(C)N(C)Cc1oc2ccccc2c1CN. The molecule has 2 rings (SSSR count). The van der Waals surface area contributed by atoms with Crippen molar-refractivity contribution in [3.8, 4) is 0 Å². The summed E-state index contributed by atoms with van der Waals surface area (Å²) in [6.45, 7) is 5.83. The molecule has 104 valence electrons. The second kappa shape index (κ2) is 6.22. The van der Waals surface area contributed by atoms with E-state index in [1.54, 1.807) is 0 Å². The van der Waals surface area contributed by atoms with Crippen LogP contribution in [0.15, 0.2) is 28.7 Å². The summed E-state index contributed by atoms with van der Waals surface area (Å²) in [4.78, 5) is 2.33. The van der Waals surface area contributed by atoms with Crippen LogP contribution in [-0.2, 0) is 13.1 Å². The van der Waals surface area contributed by atoms with E-state index in [-0.39, 0.29) is 0 Å².